The normalized spacial score (nSPS) is 16.7. The Kier molecular flexibility index (Phi) is 11.2. The highest BCUT2D eigenvalue weighted by Crippen LogP contribution is 2.25. The predicted octanol–water partition coefficient (Wildman–Crippen LogP) is 1.65. The van der Waals surface area contributed by atoms with Crippen LogP contribution >= 0.6 is 0 Å². The van der Waals surface area contributed by atoms with Crippen LogP contribution in [0.1, 0.15) is 59.4 Å². The largest absolute Gasteiger partial charge is 0.456 e. The summed E-state index contributed by atoms with van der Waals surface area (Å²) in [7, 11) is 0. The lowest BCUT2D eigenvalue weighted by Gasteiger charge is -2.34. The second kappa shape index (κ2) is 14.4. The molecule has 12 nitrogen and oxygen atoms in total. The summed E-state index contributed by atoms with van der Waals surface area (Å²) in [5.41, 5.74) is 1.08. The van der Waals surface area contributed by atoms with Gasteiger partial charge in [-0.3, -0.25) is 28.9 Å². The fraction of sp³-hybridized carbons (Fsp3) is 0.548. The zero-order valence-corrected chi connectivity index (χ0v) is 25.7. The lowest BCUT2D eigenvalue weighted by molar-refractivity contribution is -0.922. The Balaban J connectivity index is 1.47. The first-order valence-corrected chi connectivity index (χ1v) is 14.7. The van der Waals surface area contributed by atoms with Crippen LogP contribution in [0.5, 0.6) is 0 Å². The lowest BCUT2D eigenvalue weighted by atomic mass is 10.0. The van der Waals surface area contributed by atoms with Gasteiger partial charge in [0.05, 0.1) is 19.6 Å². The molecular weight excluding hydrogens is 554 g/mol. The van der Waals surface area contributed by atoms with Crippen molar-refractivity contribution in [3.8, 4) is 0 Å². The van der Waals surface area contributed by atoms with E-state index in [0.717, 1.165) is 48.5 Å². The van der Waals surface area contributed by atoms with E-state index in [1.165, 1.54) is 0 Å². The Hall–Kier alpha value is -4.06. The van der Waals surface area contributed by atoms with E-state index in [4.69, 9.17) is 4.74 Å². The summed E-state index contributed by atoms with van der Waals surface area (Å²) in [6.45, 7) is 11.5. The number of carbonyl (C=O) groups excluding carboxylic acids is 6. The second-order valence-corrected chi connectivity index (χ2v) is 12.6. The Morgan fingerprint density at radius 2 is 1.56 bits per heavy atom. The monoisotopic (exact) mass is 598 g/mol. The van der Waals surface area contributed by atoms with Gasteiger partial charge >= 0.3 is 5.97 Å². The van der Waals surface area contributed by atoms with Gasteiger partial charge in [-0.25, -0.2) is 4.79 Å². The van der Waals surface area contributed by atoms with E-state index >= 15 is 0 Å². The molecule has 1 fully saturated rings. The number of anilines is 1. The van der Waals surface area contributed by atoms with Gasteiger partial charge in [-0.2, -0.15) is 0 Å². The van der Waals surface area contributed by atoms with E-state index in [2.05, 4.69) is 16.0 Å². The number of ether oxygens (including phenoxy) is 1. The molecule has 0 saturated carbocycles. The number of carbonyl (C=O) groups is 6. The number of hydrogen-bond donors (Lipinski definition) is 3. The van der Waals surface area contributed by atoms with Crippen molar-refractivity contribution in [2.45, 2.75) is 72.1 Å². The number of quaternary nitrogens is 1. The van der Waals surface area contributed by atoms with Gasteiger partial charge in [0.25, 0.3) is 11.8 Å². The van der Waals surface area contributed by atoms with Crippen molar-refractivity contribution in [1.82, 2.24) is 15.5 Å². The quantitative estimate of drug-likeness (QED) is 0.177. The van der Waals surface area contributed by atoms with Gasteiger partial charge in [0.15, 0.2) is 6.54 Å². The molecule has 1 unspecified atom stereocenters. The standard InChI is InChI=1S/C31H43N5O7/c1-21(2)29(34-24(37)14-15-35-26(39)12-13-27(35)40)30(42)32-18-25(38)33-23-10-8-22(9-11-23)19-36(16-6-7-17-36)20-28(41)43-31(3,4)5/h8-13,21,29H,6-7,14-20H2,1-5H3,(H2-,32,33,34,37,38,42)/p+1. The summed E-state index contributed by atoms with van der Waals surface area (Å²) in [5, 5.41) is 7.94. The summed E-state index contributed by atoms with van der Waals surface area (Å²) in [5.74, 6) is -2.87. The topological polar surface area (TPSA) is 151 Å². The second-order valence-electron chi connectivity index (χ2n) is 12.6. The van der Waals surface area contributed by atoms with Crippen LogP contribution in [-0.2, 0) is 40.0 Å². The van der Waals surface area contributed by atoms with Crippen molar-refractivity contribution in [2.24, 2.45) is 5.92 Å². The van der Waals surface area contributed by atoms with E-state index in [0.29, 0.717) is 23.3 Å². The van der Waals surface area contributed by atoms with E-state index in [1.807, 2.05) is 32.9 Å². The molecule has 2 aliphatic rings. The third-order valence-corrected chi connectivity index (χ3v) is 7.31. The Bertz CT molecular complexity index is 1230. The average Bonchev–Trinajstić information content (AvgIpc) is 3.49. The first kappa shape index (κ1) is 33.4. The van der Waals surface area contributed by atoms with Crippen LogP contribution in [0.2, 0.25) is 0 Å². The van der Waals surface area contributed by atoms with E-state index < -0.39 is 41.2 Å². The Morgan fingerprint density at radius 1 is 0.953 bits per heavy atom. The van der Waals surface area contributed by atoms with Crippen molar-refractivity contribution < 1.29 is 38.0 Å². The molecule has 0 bridgehead atoms. The van der Waals surface area contributed by atoms with Crippen LogP contribution in [0.25, 0.3) is 0 Å². The van der Waals surface area contributed by atoms with Crippen molar-refractivity contribution >= 4 is 41.2 Å². The van der Waals surface area contributed by atoms with E-state index in [1.54, 1.807) is 26.0 Å². The average molecular weight is 599 g/mol. The fourth-order valence-corrected chi connectivity index (χ4v) is 5.23. The van der Waals surface area contributed by atoms with E-state index in [9.17, 15) is 28.8 Å². The van der Waals surface area contributed by atoms with Crippen LogP contribution in [0, 0.1) is 5.92 Å². The van der Waals surface area contributed by atoms with E-state index in [-0.39, 0.29) is 31.4 Å². The number of rotatable bonds is 13. The maximum atomic E-state index is 12.8. The molecule has 3 rings (SSSR count). The van der Waals surface area contributed by atoms with Gasteiger partial charge in [0.2, 0.25) is 17.7 Å². The van der Waals surface area contributed by atoms with Crippen molar-refractivity contribution in [2.75, 3.05) is 38.0 Å². The maximum absolute atomic E-state index is 12.8. The van der Waals surface area contributed by atoms with Crippen LogP contribution in [0.3, 0.4) is 0 Å². The molecular formula is C31H44N5O7+. The number of benzene rings is 1. The first-order chi connectivity index (χ1) is 20.2. The minimum absolute atomic E-state index is 0.0894. The summed E-state index contributed by atoms with van der Waals surface area (Å²) in [6, 6.07) is 6.52. The molecule has 3 N–H and O–H groups in total. The van der Waals surface area contributed by atoms with Gasteiger partial charge in [0.1, 0.15) is 18.2 Å². The summed E-state index contributed by atoms with van der Waals surface area (Å²) >= 11 is 0. The minimum atomic E-state index is -0.899. The summed E-state index contributed by atoms with van der Waals surface area (Å²) in [4.78, 5) is 74.6. The first-order valence-electron chi connectivity index (χ1n) is 14.7. The lowest BCUT2D eigenvalue weighted by Crippen LogP contribution is -2.51. The van der Waals surface area contributed by atoms with Gasteiger partial charge in [-0.1, -0.05) is 26.0 Å². The van der Waals surface area contributed by atoms with Crippen LogP contribution in [-0.4, -0.2) is 89.3 Å². The zero-order chi connectivity index (χ0) is 31.8. The summed E-state index contributed by atoms with van der Waals surface area (Å²) < 4.78 is 6.21. The molecule has 0 aromatic heterocycles. The van der Waals surface area contributed by atoms with Crippen molar-refractivity contribution in [3.05, 3.63) is 42.0 Å². The molecule has 5 amide bonds. The fourth-order valence-electron chi connectivity index (χ4n) is 5.23. The van der Waals surface area contributed by atoms with Crippen molar-refractivity contribution in [1.29, 1.82) is 0 Å². The van der Waals surface area contributed by atoms with Crippen molar-refractivity contribution in [3.63, 3.8) is 0 Å². The van der Waals surface area contributed by atoms with Crippen LogP contribution in [0.4, 0.5) is 5.69 Å². The number of amides is 5. The van der Waals surface area contributed by atoms with Gasteiger partial charge in [0, 0.05) is 49.2 Å². The third-order valence-electron chi connectivity index (χ3n) is 7.31. The predicted molar refractivity (Wildman–Crippen MR) is 159 cm³/mol. The zero-order valence-electron chi connectivity index (χ0n) is 25.7. The molecule has 0 spiro atoms. The molecule has 2 heterocycles. The number of likely N-dealkylation sites (tertiary alicyclic amines) is 1. The van der Waals surface area contributed by atoms with Gasteiger partial charge in [-0.15, -0.1) is 0 Å². The SMILES string of the molecule is CC(C)C(NC(=O)CCN1C(=O)C=CC1=O)C(=O)NCC(=O)Nc1ccc(C[N+]2(CC(=O)OC(C)(C)C)CCCC2)cc1. The molecule has 1 atom stereocenters. The number of hydrogen-bond acceptors (Lipinski definition) is 7. The molecule has 1 aromatic rings. The summed E-state index contributed by atoms with van der Waals surface area (Å²) in [6.07, 6.45) is 4.26. The molecule has 0 aliphatic carbocycles. The molecule has 43 heavy (non-hydrogen) atoms. The highest BCUT2D eigenvalue weighted by atomic mass is 16.6. The highest BCUT2D eigenvalue weighted by Gasteiger charge is 2.36. The van der Waals surface area contributed by atoms with Gasteiger partial charge in [-0.05, 0) is 38.8 Å². The maximum Gasteiger partial charge on any atom is 0.362 e. The van der Waals surface area contributed by atoms with Gasteiger partial charge < -0.3 is 25.2 Å². The molecule has 12 heteroatoms. The van der Waals surface area contributed by atoms with Crippen LogP contribution < -0.4 is 16.0 Å². The molecule has 1 saturated heterocycles. The number of imide groups is 1. The highest BCUT2D eigenvalue weighted by molar-refractivity contribution is 6.13. The Morgan fingerprint density at radius 3 is 2.12 bits per heavy atom. The molecule has 0 radical (unpaired) electrons. The molecule has 1 aromatic carbocycles. The smallest absolute Gasteiger partial charge is 0.362 e. The Labute approximate surface area is 252 Å². The number of nitrogens with one attached hydrogen (secondary N) is 3. The number of nitrogens with zero attached hydrogens (tertiary/aromatic N) is 2. The molecule has 2 aliphatic heterocycles. The number of esters is 1. The third kappa shape index (κ3) is 10.3. The minimum Gasteiger partial charge on any atom is -0.456 e. The van der Waals surface area contributed by atoms with Crippen LogP contribution in [0.15, 0.2) is 36.4 Å². The molecule has 234 valence electrons.